The van der Waals surface area contributed by atoms with Crippen molar-refractivity contribution in [3.63, 3.8) is 0 Å². The van der Waals surface area contributed by atoms with Gasteiger partial charge in [-0.3, -0.25) is 4.79 Å². The molecule has 2 aromatic carbocycles. The monoisotopic (exact) mass is 440 g/mol. The molecule has 1 amide bonds. The van der Waals surface area contributed by atoms with Crippen LogP contribution in [0, 0.1) is 5.92 Å². The molecular formula is C20H22Cl2N2O3S. The first-order valence-electron chi connectivity index (χ1n) is 9.09. The number of sulfonamides is 1. The molecule has 2 atom stereocenters. The highest BCUT2D eigenvalue weighted by Crippen LogP contribution is 2.30. The summed E-state index contributed by atoms with van der Waals surface area (Å²) in [5.74, 6) is -0.555. The van der Waals surface area contributed by atoms with E-state index in [4.69, 9.17) is 23.2 Å². The van der Waals surface area contributed by atoms with Gasteiger partial charge in [0.1, 0.15) is 4.90 Å². The predicted octanol–water partition coefficient (Wildman–Crippen LogP) is 4.27. The highest BCUT2D eigenvalue weighted by Gasteiger charge is 2.34. The van der Waals surface area contributed by atoms with Crippen molar-refractivity contribution in [3.8, 4) is 0 Å². The molecule has 0 bridgehead atoms. The maximum atomic E-state index is 13.0. The fourth-order valence-electron chi connectivity index (χ4n) is 3.34. The van der Waals surface area contributed by atoms with Crippen molar-refractivity contribution < 1.29 is 13.2 Å². The Hall–Kier alpha value is -1.60. The molecule has 1 saturated heterocycles. The number of carbonyl (C=O) groups is 1. The fraction of sp³-hybridized carbons (Fsp3) is 0.350. The summed E-state index contributed by atoms with van der Waals surface area (Å²) < 4.78 is 27.4. The summed E-state index contributed by atoms with van der Waals surface area (Å²) in [6, 6.07) is 13.9. The number of nitrogens with zero attached hydrogens (tertiary/aromatic N) is 1. The van der Waals surface area contributed by atoms with Gasteiger partial charge in [0.2, 0.25) is 15.9 Å². The van der Waals surface area contributed by atoms with Crippen LogP contribution in [-0.2, 0) is 14.8 Å². The Morgan fingerprint density at radius 2 is 1.89 bits per heavy atom. The van der Waals surface area contributed by atoms with E-state index in [1.165, 1.54) is 16.4 Å². The summed E-state index contributed by atoms with van der Waals surface area (Å²) >= 11 is 12.0. The molecule has 0 unspecified atom stereocenters. The molecule has 8 heteroatoms. The zero-order chi connectivity index (χ0) is 20.3. The summed E-state index contributed by atoms with van der Waals surface area (Å²) in [5.41, 5.74) is 1.00. The van der Waals surface area contributed by atoms with E-state index in [1.807, 2.05) is 37.3 Å². The molecule has 1 fully saturated rings. The molecule has 2 aromatic rings. The summed E-state index contributed by atoms with van der Waals surface area (Å²) in [6.07, 6.45) is 1.25. The quantitative estimate of drug-likeness (QED) is 0.754. The van der Waals surface area contributed by atoms with E-state index in [2.05, 4.69) is 5.32 Å². The van der Waals surface area contributed by atoms with Crippen LogP contribution in [0.25, 0.3) is 0 Å². The summed E-state index contributed by atoms with van der Waals surface area (Å²) in [6.45, 7) is 2.39. The second kappa shape index (κ2) is 8.82. The lowest BCUT2D eigenvalue weighted by molar-refractivity contribution is -0.126. The lowest BCUT2D eigenvalue weighted by Crippen LogP contribution is -2.45. The molecule has 150 valence electrons. The molecule has 0 spiro atoms. The van der Waals surface area contributed by atoms with Gasteiger partial charge >= 0.3 is 0 Å². The van der Waals surface area contributed by atoms with Crippen LogP contribution in [0.15, 0.2) is 53.4 Å². The third-order valence-electron chi connectivity index (χ3n) is 4.92. The minimum absolute atomic E-state index is 0.0274. The van der Waals surface area contributed by atoms with E-state index in [-0.39, 0.29) is 28.4 Å². The number of hydrogen-bond acceptors (Lipinski definition) is 3. The lowest BCUT2D eigenvalue weighted by atomic mass is 9.98. The summed E-state index contributed by atoms with van der Waals surface area (Å²) in [4.78, 5) is 12.7. The highest BCUT2D eigenvalue weighted by atomic mass is 35.5. The highest BCUT2D eigenvalue weighted by molar-refractivity contribution is 7.89. The van der Waals surface area contributed by atoms with Crippen molar-refractivity contribution in [2.45, 2.75) is 30.7 Å². The SMILES string of the molecule is C[C@@H](NC(=O)[C@H]1CCCN(S(=O)(=O)c2cc(Cl)ccc2Cl)C1)c1ccccc1. The molecular weight excluding hydrogens is 419 g/mol. The van der Waals surface area contributed by atoms with Gasteiger partial charge in [-0.05, 0) is 43.5 Å². The Balaban J connectivity index is 1.73. The fourth-order valence-corrected chi connectivity index (χ4v) is 5.61. The average Bonchev–Trinajstić information content (AvgIpc) is 2.70. The van der Waals surface area contributed by atoms with E-state index >= 15 is 0 Å². The van der Waals surface area contributed by atoms with Gasteiger partial charge in [-0.2, -0.15) is 4.31 Å². The number of nitrogens with one attached hydrogen (secondary N) is 1. The normalized spacial score (nSPS) is 19.2. The molecule has 0 aromatic heterocycles. The number of piperidine rings is 1. The second-order valence-corrected chi connectivity index (χ2v) is 9.67. The Morgan fingerprint density at radius 1 is 1.18 bits per heavy atom. The van der Waals surface area contributed by atoms with Crippen molar-refractivity contribution in [2.24, 2.45) is 5.92 Å². The van der Waals surface area contributed by atoms with Gasteiger partial charge in [-0.15, -0.1) is 0 Å². The molecule has 3 rings (SSSR count). The van der Waals surface area contributed by atoms with Crippen LogP contribution >= 0.6 is 23.2 Å². The minimum Gasteiger partial charge on any atom is -0.349 e. The van der Waals surface area contributed by atoms with Crippen LogP contribution < -0.4 is 5.32 Å². The third-order valence-corrected chi connectivity index (χ3v) is 7.51. The maximum Gasteiger partial charge on any atom is 0.244 e. The van der Waals surface area contributed by atoms with E-state index in [1.54, 1.807) is 6.07 Å². The number of halogens is 2. The van der Waals surface area contributed by atoms with Gasteiger partial charge in [-0.25, -0.2) is 8.42 Å². The summed E-state index contributed by atoms with van der Waals surface area (Å²) in [7, 11) is -3.83. The smallest absolute Gasteiger partial charge is 0.244 e. The van der Waals surface area contributed by atoms with E-state index in [0.717, 1.165) is 5.56 Å². The van der Waals surface area contributed by atoms with Gasteiger partial charge in [0, 0.05) is 18.1 Å². The van der Waals surface area contributed by atoms with Gasteiger partial charge in [0.15, 0.2) is 0 Å². The molecule has 1 heterocycles. The first-order valence-corrected chi connectivity index (χ1v) is 11.3. The molecule has 1 aliphatic rings. The first-order chi connectivity index (χ1) is 13.3. The molecule has 0 saturated carbocycles. The molecule has 5 nitrogen and oxygen atoms in total. The minimum atomic E-state index is -3.83. The largest absolute Gasteiger partial charge is 0.349 e. The van der Waals surface area contributed by atoms with Crippen LogP contribution in [0.2, 0.25) is 10.0 Å². The maximum absolute atomic E-state index is 13.0. The van der Waals surface area contributed by atoms with Gasteiger partial charge < -0.3 is 5.32 Å². The van der Waals surface area contributed by atoms with E-state index < -0.39 is 15.9 Å². The van der Waals surface area contributed by atoms with Crippen LogP contribution in [0.5, 0.6) is 0 Å². The van der Waals surface area contributed by atoms with E-state index in [9.17, 15) is 13.2 Å². The first kappa shape index (κ1) is 21.1. The number of carbonyl (C=O) groups excluding carboxylic acids is 1. The molecule has 0 aliphatic carbocycles. The number of amides is 1. The topological polar surface area (TPSA) is 66.5 Å². The summed E-state index contributed by atoms with van der Waals surface area (Å²) in [5, 5.41) is 3.41. The zero-order valence-electron chi connectivity index (χ0n) is 15.4. The number of benzene rings is 2. The van der Waals surface area contributed by atoms with Crippen molar-refractivity contribution in [1.29, 1.82) is 0 Å². The van der Waals surface area contributed by atoms with Crippen molar-refractivity contribution in [3.05, 3.63) is 64.1 Å². The number of rotatable bonds is 5. The molecule has 28 heavy (non-hydrogen) atoms. The van der Waals surface area contributed by atoms with Crippen LogP contribution in [0.1, 0.15) is 31.4 Å². The van der Waals surface area contributed by atoms with Crippen molar-refractivity contribution >= 4 is 39.1 Å². The lowest BCUT2D eigenvalue weighted by Gasteiger charge is -2.32. The predicted molar refractivity (Wildman–Crippen MR) is 111 cm³/mol. The standard InChI is InChI=1S/C20H22Cl2N2O3S/c1-14(15-6-3-2-4-7-15)23-20(25)16-8-5-11-24(13-16)28(26,27)19-12-17(21)9-10-18(19)22/h2-4,6-7,9-10,12,14,16H,5,8,11,13H2,1H3,(H,23,25)/t14-,16+/m1/s1. The second-order valence-electron chi connectivity index (χ2n) is 6.92. The molecule has 0 radical (unpaired) electrons. The van der Waals surface area contributed by atoms with Crippen LogP contribution in [0.3, 0.4) is 0 Å². The van der Waals surface area contributed by atoms with Gasteiger partial charge in [0.05, 0.1) is 17.0 Å². The Kier molecular flexibility index (Phi) is 6.65. The van der Waals surface area contributed by atoms with Crippen molar-refractivity contribution in [1.82, 2.24) is 9.62 Å². The molecule has 1 N–H and O–H groups in total. The van der Waals surface area contributed by atoms with Crippen LogP contribution in [-0.4, -0.2) is 31.7 Å². The third kappa shape index (κ3) is 4.69. The van der Waals surface area contributed by atoms with Gasteiger partial charge in [-0.1, -0.05) is 53.5 Å². The van der Waals surface area contributed by atoms with E-state index in [0.29, 0.717) is 24.4 Å². The van der Waals surface area contributed by atoms with Crippen molar-refractivity contribution in [2.75, 3.05) is 13.1 Å². The van der Waals surface area contributed by atoms with Gasteiger partial charge in [0.25, 0.3) is 0 Å². The average molecular weight is 441 g/mol. The Bertz CT molecular complexity index is 951. The van der Waals surface area contributed by atoms with Crippen LogP contribution in [0.4, 0.5) is 0 Å². The zero-order valence-corrected chi connectivity index (χ0v) is 17.8. The number of hydrogen-bond donors (Lipinski definition) is 1. The molecule has 1 aliphatic heterocycles. The Morgan fingerprint density at radius 3 is 2.61 bits per heavy atom. The Labute approximate surface area is 175 Å².